The van der Waals surface area contributed by atoms with Crippen molar-refractivity contribution < 1.29 is 18.0 Å². The fourth-order valence-electron chi connectivity index (χ4n) is 4.13. The number of piperidine rings is 2. The Kier molecular flexibility index (Phi) is 7.88. The molecular formula is C22H33N3O4S. The number of nitrogens with zero attached hydrogens (tertiary/aromatic N) is 2. The average Bonchev–Trinajstić information content (AvgIpc) is 2.78. The summed E-state index contributed by atoms with van der Waals surface area (Å²) in [6.07, 6.45) is 5.70. The summed E-state index contributed by atoms with van der Waals surface area (Å²) in [6.45, 7) is 4.82. The fourth-order valence-corrected chi connectivity index (χ4v) is 5.65. The van der Waals surface area contributed by atoms with E-state index >= 15 is 0 Å². The maximum absolute atomic E-state index is 12.7. The van der Waals surface area contributed by atoms with Gasteiger partial charge in [-0.15, -0.1) is 0 Å². The Morgan fingerprint density at radius 3 is 2.23 bits per heavy atom. The van der Waals surface area contributed by atoms with Crippen LogP contribution >= 0.6 is 0 Å². The van der Waals surface area contributed by atoms with Crippen LogP contribution in [0.25, 0.3) is 0 Å². The third-order valence-corrected chi connectivity index (χ3v) is 7.94. The third kappa shape index (κ3) is 5.60. The zero-order chi connectivity index (χ0) is 21.6. The highest BCUT2D eigenvalue weighted by molar-refractivity contribution is 7.89. The zero-order valence-electron chi connectivity index (χ0n) is 17.8. The Hall–Kier alpha value is -1.93. The van der Waals surface area contributed by atoms with E-state index in [9.17, 15) is 18.0 Å². The highest BCUT2D eigenvalue weighted by atomic mass is 32.2. The van der Waals surface area contributed by atoms with Gasteiger partial charge in [-0.25, -0.2) is 8.42 Å². The van der Waals surface area contributed by atoms with Crippen LogP contribution in [-0.2, 0) is 26.2 Å². The van der Waals surface area contributed by atoms with Gasteiger partial charge in [-0.1, -0.05) is 25.5 Å². The predicted molar refractivity (Wildman–Crippen MR) is 115 cm³/mol. The first-order valence-corrected chi connectivity index (χ1v) is 12.5. The molecule has 0 bridgehead atoms. The number of likely N-dealkylation sites (tertiary alicyclic amines) is 1. The highest BCUT2D eigenvalue weighted by Crippen LogP contribution is 2.21. The minimum Gasteiger partial charge on any atom is -0.352 e. The van der Waals surface area contributed by atoms with Crippen molar-refractivity contribution in [2.24, 2.45) is 5.92 Å². The normalized spacial score (nSPS) is 18.9. The van der Waals surface area contributed by atoms with Gasteiger partial charge in [0.1, 0.15) is 0 Å². The van der Waals surface area contributed by atoms with Crippen LogP contribution in [-0.4, -0.2) is 55.6 Å². The van der Waals surface area contributed by atoms with Crippen molar-refractivity contribution >= 4 is 21.8 Å². The Bertz CT molecular complexity index is 824. The molecule has 2 heterocycles. The van der Waals surface area contributed by atoms with Gasteiger partial charge >= 0.3 is 0 Å². The summed E-state index contributed by atoms with van der Waals surface area (Å²) < 4.78 is 27.0. The number of benzene rings is 1. The SMILES string of the molecule is CCCC(=O)N1CCC(C(=O)NCc2ccc(S(=O)(=O)N3CCCCC3)cc2)CC1. The number of nitrogens with one attached hydrogen (secondary N) is 1. The van der Waals surface area contributed by atoms with Crippen LogP contribution in [0, 0.1) is 5.92 Å². The summed E-state index contributed by atoms with van der Waals surface area (Å²) in [5.41, 5.74) is 0.872. The largest absolute Gasteiger partial charge is 0.352 e. The Morgan fingerprint density at radius 2 is 1.63 bits per heavy atom. The standard InChI is InChI=1S/C22H33N3O4S/c1-2-6-21(26)24-15-11-19(12-16-24)22(27)23-17-18-7-9-20(10-8-18)30(28,29)25-13-4-3-5-14-25/h7-10,19H,2-6,11-17H2,1H3,(H,23,27). The molecule has 0 aromatic heterocycles. The lowest BCUT2D eigenvalue weighted by Gasteiger charge is -2.31. The van der Waals surface area contributed by atoms with Gasteiger partial charge in [0.15, 0.2) is 0 Å². The third-order valence-electron chi connectivity index (χ3n) is 6.03. The lowest BCUT2D eigenvalue weighted by molar-refractivity contribution is -0.135. The van der Waals surface area contributed by atoms with E-state index in [4.69, 9.17) is 0 Å². The van der Waals surface area contributed by atoms with Gasteiger partial charge < -0.3 is 10.2 Å². The van der Waals surface area contributed by atoms with Crippen LogP contribution in [0.5, 0.6) is 0 Å². The van der Waals surface area contributed by atoms with Gasteiger partial charge in [-0.2, -0.15) is 4.31 Å². The van der Waals surface area contributed by atoms with E-state index in [0.717, 1.165) is 31.2 Å². The molecule has 2 amide bonds. The molecule has 0 atom stereocenters. The van der Waals surface area contributed by atoms with Crippen LogP contribution in [0.1, 0.15) is 57.4 Å². The average molecular weight is 436 g/mol. The molecule has 2 fully saturated rings. The lowest BCUT2D eigenvalue weighted by atomic mass is 9.95. The first-order valence-electron chi connectivity index (χ1n) is 11.1. The summed E-state index contributed by atoms with van der Waals surface area (Å²) in [4.78, 5) is 26.6. The maximum Gasteiger partial charge on any atom is 0.243 e. The predicted octanol–water partition coefficient (Wildman–Crippen LogP) is 2.52. The van der Waals surface area contributed by atoms with E-state index in [1.807, 2.05) is 11.8 Å². The number of rotatable bonds is 7. The van der Waals surface area contributed by atoms with E-state index in [2.05, 4.69) is 5.32 Å². The number of carbonyl (C=O) groups is 2. The molecule has 166 valence electrons. The number of carbonyl (C=O) groups excluding carboxylic acids is 2. The molecule has 2 saturated heterocycles. The minimum absolute atomic E-state index is 0.00241. The molecule has 0 aliphatic carbocycles. The summed E-state index contributed by atoms with van der Waals surface area (Å²) in [5.74, 6) is 0.105. The van der Waals surface area contributed by atoms with E-state index < -0.39 is 10.0 Å². The van der Waals surface area contributed by atoms with Gasteiger partial charge in [-0.3, -0.25) is 9.59 Å². The van der Waals surface area contributed by atoms with Crippen LogP contribution in [0.3, 0.4) is 0 Å². The number of amides is 2. The number of sulfonamides is 1. The molecule has 1 aromatic rings. The van der Waals surface area contributed by atoms with Crippen molar-refractivity contribution in [3.63, 3.8) is 0 Å². The second kappa shape index (κ2) is 10.4. The second-order valence-electron chi connectivity index (χ2n) is 8.23. The van der Waals surface area contributed by atoms with Crippen molar-refractivity contribution in [2.45, 2.75) is 63.3 Å². The minimum atomic E-state index is -3.43. The van der Waals surface area contributed by atoms with E-state index in [1.54, 1.807) is 28.6 Å². The lowest BCUT2D eigenvalue weighted by Crippen LogP contribution is -2.42. The molecule has 2 aliphatic heterocycles. The molecule has 30 heavy (non-hydrogen) atoms. The summed E-state index contributed by atoms with van der Waals surface area (Å²) in [7, 11) is -3.43. The molecule has 1 aromatic carbocycles. The molecule has 0 spiro atoms. The van der Waals surface area contributed by atoms with Gasteiger partial charge in [0.25, 0.3) is 0 Å². The second-order valence-corrected chi connectivity index (χ2v) is 10.2. The van der Waals surface area contributed by atoms with Gasteiger partial charge in [0.2, 0.25) is 21.8 Å². The molecule has 1 N–H and O–H groups in total. The Morgan fingerprint density at radius 1 is 1.00 bits per heavy atom. The van der Waals surface area contributed by atoms with E-state index in [1.165, 1.54) is 0 Å². The Labute approximate surface area is 179 Å². The van der Waals surface area contributed by atoms with Crippen LogP contribution in [0.4, 0.5) is 0 Å². The molecule has 2 aliphatic rings. The van der Waals surface area contributed by atoms with Crippen LogP contribution in [0.15, 0.2) is 29.2 Å². The van der Waals surface area contributed by atoms with Crippen molar-refractivity contribution in [2.75, 3.05) is 26.2 Å². The maximum atomic E-state index is 12.7. The molecule has 3 rings (SSSR count). The zero-order valence-corrected chi connectivity index (χ0v) is 18.6. The smallest absolute Gasteiger partial charge is 0.243 e. The molecule has 0 unspecified atom stereocenters. The molecule has 8 heteroatoms. The topological polar surface area (TPSA) is 86.8 Å². The van der Waals surface area contributed by atoms with Crippen molar-refractivity contribution in [1.82, 2.24) is 14.5 Å². The van der Waals surface area contributed by atoms with Crippen LogP contribution < -0.4 is 5.32 Å². The van der Waals surface area contributed by atoms with Gasteiger partial charge in [0.05, 0.1) is 4.90 Å². The van der Waals surface area contributed by atoms with E-state index in [0.29, 0.717) is 56.9 Å². The van der Waals surface area contributed by atoms with Crippen molar-refractivity contribution in [3.05, 3.63) is 29.8 Å². The molecule has 0 radical (unpaired) electrons. The summed E-state index contributed by atoms with van der Waals surface area (Å²) in [5, 5.41) is 2.96. The Balaban J connectivity index is 1.48. The first kappa shape index (κ1) is 22.7. The monoisotopic (exact) mass is 435 g/mol. The van der Waals surface area contributed by atoms with Gasteiger partial charge in [-0.05, 0) is 49.8 Å². The number of hydrogen-bond acceptors (Lipinski definition) is 4. The summed E-state index contributed by atoms with van der Waals surface area (Å²) >= 11 is 0. The number of hydrogen-bond donors (Lipinski definition) is 1. The molecule has 0 saturated carbocycles. The molecular weight excluding hydrogens is 402 g/mol. The van der Waals surface area contributed by atoms with Gasteiger partial charge in [0, 0.05) is 45.1 Å². The fraction of sp³-hybridized carbons (Fsp3) is 0.636. The summed E-state index contributed by atoms with van der Waals surface area (Å²) in [6, 6.07) is 6.79. The molecule has 7 nitrogen and oxygen atoms in total. The quantitative estimate of drug-likeness (QED) is 0.713. The van der Waals surface area contributed by atoms with Crippen LogP contribution in [0.2, 0.25) is 0 Å². The highest BCUT2D eigenvalue weighted by Gasteiger charge is 2.27. The van der Waals surface area contributed by atoms with Crippen molar-refractivity contribution in [3.8, 4) is 0 Å². The van der Waals surface area contributed by atoms with E-state index in [-0.39, 0.29) is 17.7 Å². The van der Waals surface area contributed by atoms with Crippen molar-refractivity contribution in [1.29, 1.82) is 0 Å². The first-order chi connectivity index (χ1) is 14.4.